The highest BCUT2D eigenvalue weighted by atomic mass is 16.7. The van der Waals surface area contributed by atoms with Crippen molar-refractivity contribution in [3.8, 4) is 0 Å². The largest absolute Gasteiger partial charge is 0.508 e. The quantitative estimate of drug-likeness (QED) is 0.248. The van der Waals surface area contributed by atoms with E-state index in [4.69, 9.17) is 9.47 Å². The third-order valence-corrected chi connectivity index (χ3v) is 9.32. The van der Waals surface area contributed by atoms with Crippen LogP contribution < -0.4 is 0 Å². The minimum atomic E-state index is -1.10. The predicted molar refractivity (Wildman–Crippen MR) is 150 cm³/mol. The summed E-state index contributed by atoms with van der Waals surface area (Å²) in [6.45, 7) is 16.6. The van der Waals surface area contributed by atoms with Gasteiger partial charge in [-0.2, -0.15) is 0 Å². The monoisotopic (exact) mass is 530 g/mol. The molecule has 0 unspecified atom stereocenters. The van der Waals surface area contributed by atoms with E-state index in [1.165, 1.54) is 5.57 Å². The fraction of sp³-hybridized carbons (Fsp3) is 0.719. The van der Waals surface area contributed by atoms with Crippen LogP contribution in [0.5, 0.6) is 0 Å². The molecule has 0 saturated heterocycles. The Morgan fingerprint density at radius 3 is 2.61 bits per heavy atom. The van der Waals surface area contributed by atoms with E-state index in [0.717, 1.165) is 43.3 Å². The van der Waals surface area contributed by atoms with Crippen molar-refractivity contribution in [1.82, 2.24) is 0 Å². The van der Waals surface area contributed by atoms with Gasteiger partial charge >= 0.3 is 6.16 Å². The zero-order valence-corrected chi connectivity index (χ0v) is 24.3. The van der Waals surface area contributed by atoms with Gasteiger partial charge in [0.25, 0.3) is 0 Å². The molecule has 3 aliphatic carbocycles. The Bertz CT molecular complexity index is 957. The maximum Gasteiger partial charge on any atom is 0.508 e. The fourth-order valence-corrected chi connectivity index (χ4v) is 7.10. The van der Waals surface area contributed by atoms with E-state index in [1.54, 1.807) is 19.9 Å². The smallest absolute Gasteiger partial charge is 0.434 e. The number of carbonyl (C=O) groups excluding carboxylic acids is 1. The number of aliphatic hydroxyl groups excluding tert-OH is 3. The van der Waals surface area contributed by atoms with Gasteiger partial charge < -0.3 is 24.8 Å². The molecule has 6 atom stereocenters. The third kappa shape index (κ3) is 6.81. The van der Waals surface area contributed by atoms with E-state index in [2.05, 4.69) is 45.6 Å². The molecular formula is C32H50O6. The summed E-state index contributed by atoms with van der Waals surface area (Å²) in [4.78, 5) is 11.9. The van der Waals surface area contributed by atoms with Crippen molar-refractivity contribution in [2.75, 3.05) is 6.61 Å². The summed E-state index contributed by atoms with van der Waals surface area (Å²) in [6.07, 6.45) is 12.5. The van der Waals surface area contributed by atoms with Crippen LogP contribution >= 0.6 is 0 Å². The Labute approximate surface area is 229 Å². The molecule has 3 saturated carbocycles. The van der Waals surface area contributed by atoms with Gasteiger partial charge in [0.05, 0.1) is 18.8 Å². The molecule has 6 heteroatoms. The van der Waals surface area contributed by atoms with Gasteiger partial charge in [0.2, 0.25) is 0 Å². The Morgan fingerprint density at radius 2 is 1.92 bits per heavy atom. The molecule has 0 bridgehead atoms. The lowest BCUT2D eigenvalue weighted by Crippen LogP contribution is -2.41. The van der Waals surface area contributed by atoms with E-state index in [1.807, 2.05) is 6.92 Å². The summed E-state index contributed by atoms with van der Waals surface area (Å²) >= 11 is 0. The maximum absolute atomic E-state index is 11.9. The molecular weight excluding hydrogens is 480 g/mol. The molecule has 0 aromatic carbocycles. The van der Waals surface area contributed by atoms with Crippen molar-refractivity contribution in [2.45, 2.75) is 117 Å². The molecule has 3 aliphatic rings. The van der Waals surface area contributed by atoms with E-state index in [0.29, 0.717) is 37.7 Å². The first-order chi connectivity index (χ1) is 17.7. The second-order valence-corrected chi connectivity index (χ2v) is 13.0. The SMILES string of the molecule is C=C1/C(=C\C=C2/CCC[C@]3(C)[C@@H](C(C)(C)/C=C/[C@H](O)C(C)(C)OC(=O)OCCC)CC[C@@H]23)C[C@@H](O)C[C@@H]1O. The molecule has 0 spiro atoms. The zero-order valence-electron chi connectivity index (χ0n) is 24.3. The minimum absolute atomic E-state index is 0.139. The number of fused-ring (bicyclic) bond motifs is 1. The van der Waals surface area contributed by atoms with Gasteiger partial charge in [-0.25, -0.2) is 4.79 Å². The molecule has 0 amide bonds. The van der Waals surface area contributed by atoms with E-state index in [-0.39, 0.29) is 10.8 Å². The topological polar surface area (TPSA) is 96.2 Å². The number of ether oxygens (including phenoxy) is 2. The Balaban J connectivity index is 1.74. The third-order valence-electron chi connectivity index (χ3n) is 9.32. The van der Waals surface area contributed by atoms with Crippen molar-refractivity contribution in [2.24, 2.45) is 22.7 Å². The van der Waals surface area contributed by atoms with E-state index >= 15 is 0 Å². The number of aliphatic hydroxyl groups is 3. The number of hydrogen-bond donors (Lipinski definition) is 3. The van der Waals surface area contributed by atoms with Crippen LogP contribution in [0.15, 0.2) is 47.6 Å². The molecule has 0 heterocycles. The van der Waals surface area contributed by atoms with Crippen molar-refractivity contribution in [1.29, 1.82) is 0 Å². The molecule has 0 aliphatic heterocycles. The number of hydrogen-bond acceptors (Lipinski definition) is 6. The van der Waals surface area contributed by atoms with Crippen LogP contribution in [0.1, 0.15) is 92.9 Å². The molecule has 214 valence electrons. The Morgan fingerprint density at radius 1 is 1.21 bits per heavy atom. The number of carbonyl (C=O) groups is 1. The normalized spacial score (nSPS) is 33.6. The molecule has 38 heavy (non-hydrogen) atoms. The number of rotatable bonds is 8. The van der Waals surface area contributed by atoms with Crippen LogP contribution in [0.4, 0.5) is 4.79 Å². The van der Waals surface area contributed by atoms with Gasteiger partial charge in [-0.3, -0.25) is 0 Å². The molecule has 3 N–H and O–H groups in total. The average molecular weight is 531 g/mol. The summed E-state index contributed by atoms with van der Waals surface area (Å²) in [5, 5.41) is 31.2. The van der Waals surface area contributed by atoms with Gasteiger partial charge in [-0.05, 0) is 92.6 Å². The van der Waals surface area contributed by atoms with Crippen molar-refractivity contribution in [3.05, 3.63) is 47.6 Å². The molecule has 3 rings (SSSR count). The lowest BCUT2D eigenvalue weighted by atomic mass is 9.57. The van der Waals surface area contributed by atoms with Crippen LogP contribution in [0.3, 0.4) is 0 Å². The number of allylic oxidation sites excluding steroid dienone is 4. The van der Waals surface area contributed by atoms with Crippen molar-refractivity contribution < 1.29 is 29.6 Å². The summed E-state index contributed by atoms with van der Waals surface area (Å²) in [5.41, 5.74) is 2.02. The summed E-state index contributed by atoms with van der Waals surface area (Å²) in [7, 11) is 0. The maximum atomic E-state index is 11.9. The van der Waals surface area contributed by atoms with Gasteiger partial charge in [-0.15, -0.1) is 0 Å². The Kier molecular flexibility index (Phi) is 9.76. The summed E-state index contributed by atoms with van der Waals surface area (Å²) in [5.74, 6) is 0.919. The highest BCUT2D eigenvalue weighted by Gasteiger charge is 2.53. The first-order valence-electron chi connectivity index (χ1n) is 14.4. The van der Waals surface area contributed by atoms with Crippen LogP contribution in [0.2, 0.25) is 0 Å². The lowest BCUT2D eigenvalue weighted by molar-refractivity contribution is -0.0670. The average Bonchev–Trinajstić information content (AvgIpc) is 3.20. The lowest BCUT2D eigenvalue weighted by Gasteiger charge is -2.47. The minimum Gasteiger partial charge on any atom is -0.434 e. The fourth-order valence-electron chi connectivity index (χ4n) is 7.10. The zero-order chi connectivity index (χ0) is 28.3. The van der Waals surface area contributed by atoms with E-state index < -0.39 is 30.1 Å². The van der Waals surface area contributed by atoms with Crippen molar-refractivity contribution >= 4 is 6.16 Å². The Hall–Kier alpha value is -1.89. The summed E-state index contributed by atoms with van der Waals surface area (Å²) in [6, 6.07) is 0. The van der Waals surface area contributed by atoms with Crippen LogP contribution in [0.25, 0.3) is 0 Å². The highest BCUT2D eigenvalue weighted by Crippen LogP contribution is 2.62. The molecule has 0 aromatic rings. The van der Waals surface area contributed by atoms with Gasteiger partial charge in [-0.1, -0.05) is 64.2 Å². The standard InChI is InChI=1S/C32H50O6/c1-8-18-37-29(36)38-31(5,6)28(35)15-17-30(3,4)27-14-13-25-22(10-9-16-32(25,27)7)11-12-23-19-24(33)20-26(34)21(23)2/h11-12,15,17,24-28,33-35H,2,8-10,13-14,16,18-20H2,1,3-7H3/b17-15+,22-11+,23-12-/t24-,25+,26+,27-,28+,32+/m1/s1. The first kappa shape index (κ1) is 30.6. The van der Waals surface area contributed by atoms with Crippen LogP contribution in [-0.4, -0.2) is 52.0 Å². The summed E-state index contributed by atoms with van der Waals surface area (Å²) < 4.78 is 10.4. The van der Waals surface area contributed by atoms with Gasteiger partial charge in [0, 0.05) is 6.42 Å². The molecule has 0 radical (unpaired) electrons. The second-order valence-electron chi connectivity index (χ2n) is 13.0. The van der Waals surface area contributed by atoms with E-state index in [9.17, 15) is 20.1 Å². The highest BCUT2D eigenvalue weighted by molar-refractivity contribution is 5.60. The molecule has 6 nitrogen and oxygen atoms in total. The second kappa shape index (κ2) is 12.1. The molecule has 3 fully saturated rings. The van der Waals surface area contributed by atoms with Gasteiger partial charge in [0.1, 0.15) is 11.7 Å². The first-order valence-corrected chi connectivity index (χ1v) is 14.4. The van der Waals surface area contributed by atoms with Gasteiger partial charge in [0.15, 0.2) is 0 Å². The van der Waals surface area contributed by atoms with Crippen LogP contribution in [0, 0.1) is 22.7 Å². The van der Waals surface area contributed by atoms with Crippen LogP contribution in [-0.2, 0) is 9.47 Å². The predicted octanol–water partition coefficient (Wildman–Crippen LogP) is 6.41. The molecule has 0 aromatic heterocycles. The van der Waals surface area contributed by atoms with Crippen molar-refractivity contribution in [3.63, 3.8) is 0 Å².